The zero-order valence-electron chi connectivity index (χ0n) is 12.3. The summed E-state index contributed by atoms with van der Waals surface area (Å²) in [6, 6.07) is 6.48. The summed E-state index contributed by atoms with van der Waals surface area (Å²) in [5.41, 5.74) is 5.95. The standard InChI is InChI=1S/C16H21N3/c1-10(2)14-15(18-9-19-16(14)17-5)13-7-6-11(3)12(4)8-13/h6-10H,1-5H3,(H,17,18,19). The van der Waals surface area contributed by atoms with Gasteiger partial charge in [0.15, 0.2) is 0 Å². The molecule has 19 heavy (non-hydrogen) atoms. The van der Waals surface area contributed by atoms with Gasteiger partial charge in [0.25, 0.3) is 0 Å². The molecule has 0 aliphatic carbocycles. The monoisotopic (exact) mass is 255 g/mol. The van der Waals surface area contributed by atoms with Crippen LogP contribution in [0, 0.1) is 13.8 Å². The van der Waals surface area contributed by atoms with Gasteiger partial charge in [0.05, 0.1) is 5.69 Å². The highest BCUT2D eigenvalue weighted by atomic mass is 15.0. The van der Waals surface area contributed by atoms with Crippen LogP contribution in [-0.4, -0.2) is 17.0 Å². The molecular weight excluding hydrogens is 234 g/mol. The van der Waals surface area contributed by atoms with Crippen molar-refractivity contribution >= 4 is 5.82 Å². The lowest BCUT2D eigenvalue weighted by atomic mass is 9.95. The molecule has 0 aliphatic heterocycles. The first-order chi connectivity index (χ1) is 9.04. The maximum atomic E-state index is 4.50. The lowest BCUT2D eigenvalue weighted by molar-refractivity contribution is 0.852. The lowest BCUT2D eigenvalue weighted by Crippen LogP contribution is -2.04. The van der Waals surface area contributed by atoms with Gasteiger partial charge in [0.1, 0.15) is 12.1 Å². The van der Waals surface area contributed by atoms with Gasteiger partial charge in [-0.2, -0.15) is 0 Å². The zero-order chi connectivity index (χ0) is 14.0. The van der Waals surface area contributed by atoms with E-state index in [9.17, 15) is 0 Å². The SMILES string of the molecule is CNc1ncnc(-c2ccc(C)c(C)c2)c1C(C)C. The first-order valence-corrected chi connectivity index (χ1v) is 6.65. The van der Waals surface area contributed by atoms with E-state index in [0.29, 0.717) is 5.92 Å². The predicted octanol–water partition coefficient (Wildman–Crippen LogP) is 3.93. The fraction of sp³-hybridized carbons (Fsp3) is 0.375. The summed E-state index contributed by atoms with van der Waals surface area (Å²) in [5, 5.41) is 3.16. The maximum absolute atomic E-state index is 4.50. The molecule has 3 heteroatoms. The largest absolute Gasteiger partial charge is 0.373 e. The Morgan fingerprint density at radius 3 is 2.37 bits per heavy atom. The first kappa shape index (κ1) is 13.5. The van der Waals surface area contributed by atoms with Crippen LogP contribution in [0.3, 0.4) is 0 Å². The highest BCUT2D eigenvalue weighted by Crippen LogP contribution is 2.32. The van der Waals surface area contributed by atoms with E-state index >= 15 is 0 Å². The molecule has 0 amide bonds. The number of nitrogens with one attached hydrogen (secondary N) is 1. The third-order valence-corrected chi connectivity index (χ3v) is 3.48. The molecule has 0 unspecified atom stereocenters. The van der Waals surface area contributed by atoms with Gasteiger partial charge < -0.3 is 5.32 Å². The number of hydrogen-bond donors (Lipinski definition) is 1. The minimum absolute atomic E-state index is 0.375. The Balaban J connectivity index is 2.64. The number of rotatable bonds is 3. The van der Waals surface area contributed by atoms with E-state index in [2.05, 4.69) is 61.2 Å². The van der Waals surface area contributed by atoms with Crippen LogP contribution in [0.2, 0.25) is 0 Å². The number of benzene rings is 1. The molecule has 100 valence electrons. The molecule has 0 saturated carbocycles. The van der Waals surface area contributed by atoms with Crippen molar-refractivity contribution in [3.8, 4) is 11.3 Å². The summed E-state index contributed by atoms with van der Waals surface area (Å²) in [5.74, 6) is 1.29. The maximum Gasteiger partial charge on any atom is 0.133 e. The number of nitrogens with zero attached hydrogens (tertiary/aromatic N) is 2. The average molecular weight is 255 g/mol. The Hall–Kier alpha value is -1.90. The highest BCUT2D eigenvalue weighted by molar-refractivity contribution is 5.70. The summed E-state index contributed by atoms with van der Waals surface area (Å²) in [4.78, 5) is 8.82. The Morgan fingerprint density at radius 2 is 1.79 bits per heavy atom. The van der Waals surface area contributed by atoms with Crippen LogP contribution < -0.4 is 5.32 Å². The van der Waals surface area contributed by atoms with Crippen molar-refractivity contribution in [1.29, 1.82) is 0 Å². The lowest BCUT2D eigenvalue weighted by Gasteiger charge is -2.16. The fourth-order valence-electron chi connectivity index (χ4n) is 2.26. The fourth-order valence-corrected chi connectivity index (χ4v) is 2.26. The first-order valence-electron chi connectivity index (χ1n) is 6.65. The van der Waals surface area contributed by atoms with Crippen LogP contribution in [0.5, 0.6) is 0 Å². The second kappa shape index (κ2) is 5.39. The second-order valence-corrected chi connectivity index (χ2v) is 5.19. The van der Waals surface area contributed by atoms with Crippen molar-refractivity contribution in [3.63, 3.8) is 0 Å². The molecule has 0 aliphatic rings. The summed E-state index contributed by atoms with van der Waals surface area (Å²) in [7, 11) is 1.90. The topological polar surface area (TPSA) is 37.8 Å². The van der Waals surface area contributed by atoms with E-state index in [1.807, 2.05) is 7.05 Å². The molecule has 0 atom stereocenters. The molecule has 3 nitrogen and oxygen atoms in total. The van der Waals surface area contributed by atoms with Gasteiger partial charge in [0, 0.05) is 18.2 Å². The van der Waals surface area contributed by atoms with Crippen LogP contribution in [0.25, 0.3) is 11.3 Å². The van der Waals surface area contributed by atoms with Crippen molar-refractivity contribution in [2.75, 3.05) is 12.4 Å². The van der Waals surface area contributed by atoms with Crippen LogP contribution >= 0.6 is 0 Å². The van der Waals surface area contributed by atoms with Gasteiger partial charge in [0.2, 0.25) is 0 Å². The zero-order valence-corrected chi connectivity index (χ0v) is 12.3. The van der Waals surface area contributed by atoms with Gasteiger partial charge in [-0.15, -0.1) is 0 Å². The Labute approximate surface area is 115 Å². The minimum Gasteiger partial charge on any atom is -0.373 e. The number of aryl methyl sites for hydroxylation is 2. The van der Waals surface area contributed by atoms with Gasteiger partial charge >= 0.3 is 0 Å². The molecule has 0 spiro atoms. The molecule has 1 N–H and O–H groups in total. The van der Waals surface area contributed by atoms with Gasteiger partial charge in [-0.25, -0.2) is 9.97 Å². The predicted molar refractivity (Wildman–Crippen MR) is 80.6 cm³/mol. The number of hydrogen-bond acceptors (Lipinski definition) is 3. The van der Waals surface area contributed by atoms with Gasteiger partial charge in [-0.3, -0.25) is 0 Å². The van der Waals surface area contributed by atoms with E-state index in [1.165, 1.54) is 16.7 Å². The van der Waals surface area contributed by atoms with E-state index in [-0.39, 0.29) is 0 Å². The van der Waals surface area contributed by atoms with Crippen molar-refractivity contribution in [3.05, 3.63) is 41.2 Å². The summed E-state index contributed by atoms with van der Waals surface area (Å²) in [6.45, 7) is 8.60. The quantitative estimate of drug-likeness (QED) is 0.903. The Bertz CT molecular complexity index is 589. The average Bonchev–Trinajstić information content (AvgIpc) is 2.40. The second-order valence-electron chi connectivity index (χ2n) is 5.19. The smallest absolute Gasteiger partial charge is 0.133 e. The molecule has 2 rings (SSSR count). The summed E-state index contributed by atoms with van der Waals surface area (Å²) >= 11 is 0. The third-order valence-electron chi connectivity index (χ3n) is 3.48. The molecule has 0 radical (unpaired) electrons. The van der Waals surface area contributed by atoms with Crippen LogP contribution in [0.15, 0.2) is 24.5 Å². The molecule has 0 saturated heterocycles. The molecule has 1 aromatic carbocycles. The molecule has 0 bridgehead atoms. The third kappa shape index (κ3) is 2.60. The Kier molecular flexibility index (Phi) is 3.84. The summed E-state index contributed by atoms with van der Waals surface area (Å²) < 4.78 is 0. The highest BCUT2D eigenvalue weighted by Gasteiger charge is 2.15. The van der Waals surface area contributed by atoms with E-state index in [0.717, 1.165) is 17.1 Å². The van der Waals surface area contributed by atoms with Crippen LogP contribution in [-0.2, 0) is 0 Å². The molecule has 1 heterocycles. The molecule has 1 aromatic heterocycles. The van der Waals surface area contributed by atoms with Gasteiger partial charge in [-0.05, 0) is 37.0 Å². The van der Waals surface area contributed by atoms with Crippen LogP contribution in [0.4, 0.5) is 5.82 Å². The van der Waals surface area contributed by atoms with E-state index < -0.39 is 0 Å². The van der Waals surface area contributed by atoms with E-state index in [1.54, 1.807) is 6.33 Å². The molecule has 2 aromatic rings. The van der Waals surface area contributed by atoms with Crippen molar-refractivity contribution in [1.82, 2.24) is 9.97 Å². The van der Waals surface area contributed by atoms with Gasteiger partial charge in [-0.1, -0.05) is 26.0 Å². The number of aromatic nitrogens is 2. The normalized spacial score (nSPS) is 10.8. The van der Waals surface area contributed by atoms with Crippen molar-refractivity contribution in [2.45, 2.75) is 33.6 Å². The van der Waals surface area contributed by atoms with E-state index in [4.69, 9.17) is 0 Å². The molecule has 0 fully saturated rings. The number of anilines is 1. The molecular formula is C16H21N3. The van der Waals surface area contributed by atoms with Crippen LogP contribution in [0.1, 0.15) is 36.5 Å². The Morgan fingerprint density at radius 1 is 1.05 bits per heavy atom. The van der Waals surface area contributed by atoms with Crippen molar-refractivity contribution < 1.29 is 0 Å². The van der Waals surface area contributed by atoms with Crippen molar-refractivity contribution in [2.24, 2.45) is 0 Å². The summed E-state index contributed by atoms with van der Waals surface area (Å²) in [6.07, 6.45) is 1.63. The minimum atomic E-state index is 0.375.